The van der Waals surface area contributed by atoms with Crippen LogP contribution >= 0.6 is 0 Å². The van der Waals surface area contributed by atoms with Gasteiger partial charge in [-0.05, 0) is 44.0 Å². The zero-order chi connectivity index (χ0) is 13.1. The lowest BCUT2D eigenvalue weighted by Crippen LogP contribution is -1.92. The molecule has 0 aliphatic rings. The summed E-state index contributed by atoms with van der Waals surface area (Å²) in [5.74, 6) is -0.169. The van der Waals surface area contributed by atoms with Gasteiger partial charge in [0.25, 0.3) is 0 Å². The SMILES string of the molecule is C/C=C\c1ncc(-c2cccc(C)c2F)cc1C. The lowest BCUT2D eigenvalue weighted by molar-refractivity contribution is 0.622. The topological polar surface area (TPSA) is 12.9 Å². The molecule has 2 heteroatoms. The number of aryl methyl sites for hydroxylation is 2. The minimum atomic E-state index is -0.169. The molecular weight excluding hydrogens is 225 g/mol. The molecule has 0 unspecified atom stereocenters. The highest BCUT2D eigenvalue weighted by atomic mass is 19.1. The molecule has 2 rings (SSSR count). The number of rotatable bonds is 2. The summed E-state index contributed by atoms with van der Waals surface area (Å²) in [7, 11) is 0. The van der Waals surface area contributed by atoms with Gasteiger partial charge in [0.2, 0.25) is 0 Å². The molecule has 0 aliphatic carbocycles. The van der Waals surface area contributed by atoms with Crippen molar-refractivity contribution >= 4 is 6.08 Å². The van der Waals surface area contributed by atoms with Crippen molar-refractivity contribution < 1.29 is 4.39 Å². The van der Waals surface area contributed by atoms with Crippen LogP contribution < -0.4 is 0 Å². The van der Waals surface area contributed by atoms with Gasteiger partial charge in [0.15, 0.2) is 0 Å². The van der Waals surface area contributed by atoms with Crippen molar-refractivity contribution in [3.05, 3.63) is 59.2 Å². The van der Waals surface area contributed by atoms with Gasteiger partial charge in [-0.15, -0.1) is 0 Å². The maximum atomic E-state index is 14.0. The van der Waals surface area contributed by atoms with E-state index in [1.54, 1.807) is 25.3 Å². The Morgan fingerprint density at radius 1 is 1.17 bits per heavy atom. The Morgan fingerprint density at radius 3 is 2.61 bits per heavy atom. The summed E-state index contributed by atoms with van der Waals surface area (Å²) in [6.07, 6.45) is 5.62. The van der Waals surface area contributed by atoms with E-state index in [-0.39, 0.29) is 5.82 Å². The summed E-state index contributed by atoms with van der Waals surface area (Å²) in [5.41, 5.74) is 4.06. The third-order valence-electron chi connectivity index (χ3n) is 2.95. The predicted octanol–water partition coefficient (Wildman–Crippen LogP) is 4.54. The average Bonchev–Trinajstić information content (AvgIpc) is 2.35. The molecule has 2 aromatic rings. The molecule has 0 aliphatic heterocycles. The van der Waals surface area contributed by atoms with E-state index in [0.29, 0.717) is 11.1 Å². The van der Waals surface area contributed by atoms with Crippen molar-refractivity contribution in [3.63, 3.8) is 0 Å². The minimum Gasteiger partial charge on any atom is -0.256 e. The van der Waals surface area contributed by atoms with Crippen molar-refractivity contribution in [1.82, 2.24) is 4.98 Å². The van der Waals surface area contributed by atoms with Gasteiger partial charge in [-0.2, -0.15) is 0 Å². The molecule has 0 saturated heterocycles. The normalized spacial score (nSPS) is 11.1. The van der Waals surface area contributed by atoms with Gasteiger partial charge in [0.1, 0.15) is 5.82 Å². The number of hydrogen-bond donors (Lipinski definition) is 0. The number of nitrogens with zero attached hydrogens (tertiary/aromatic N) is 1. The van der Waals surface area contributed by atoms with E-state index >= 15 is 0 Å². The zero-order valence-corrected chi connectivity index (χ0v) is 10.9. The Labute approximate surface area is 107 Å². The van der Waals surface area contributed by atoms with Gasteiger partial charge in [0, 0.05) is 17.3 Å². The zero-order valence-electron chi connectivity index (χ0n) is 10.9. The number of pyridine rings is 1. The molecule has 1 aromatic heterocycles. The van der Waals surface area contributed by atoms with Crippen LogP contribution in [0.15, 0.2) is 36.5 Å². The second-order valence-corrected chi connectivity index (χ2v) is 4.36. The average molecular weight is 241 g/mol. The highest BCUT2D eigenvalue weighted by Crippen LogP contribution is 2.25. The van der Waals surface area contributed by atoms with E-state index in [2.05, 4.69) is 4.98 Å². The largest absolute Gasteiger partial charge is 0.256 e. The summed E-state index contributed by atoms with van der Waals surface area (Å²) >= 11 is 0. The van der Waals surface area contributed by atoms with E-state index < -0.39 is 0 Å². The van der Waals surface area contributed by atoms with Crippen LogP contribution in [0.2, 0.25) is 0 Å². The van der Waals surface area contributed by atoms with Crippen LogP contribution in [0.5, 0.6) is 0 Å². The first kappa shape index (κ1) is 12.5. The molecule has 1 heterocycles. The maximum Gasteiger partial charge on any atom is 0.133 e. The highest BCUT2D eigenvalue weighted by molar-refractivity contribution is 5.66. The summed E-state index contributed by atoms with van der Waals surface area (Å²) in [6, 6.07) is 7.39. The lowest BCUT2D eigenvalue weighted by Gasteiger charge is -2.07. The smallest absolute Gasteiger partial charge is 0.133 e. The van der Waals surface area contributed by atoms with Crippen LogP contribution in [-0.4, -0.2) is 4.98 Å². The van der Waals surface area contributed by atoms with Crippen molar-refractivity contribution in [2.24, 2.45) is 0 Å². The van der Waals surface area contributed by atoms with Crippen LogP contribution in [-0.2, 0) is 0 Å². The van der Waals surface area contributed by atoms with Crippen molar-refractivity contribution in [2.45, 2.75) is 20.8 Å². The molecule has 1 aromatic carbocycles. The summed E-state index contributed by atoms with van der Waals surface area (Å²) in [6.45, 7) is 5.71. The van der Waals surface area contributed by atoms with Gasteiger partial charge in [-0.3, -0.25) is 4.98 Å². The second kappa shape index (κ2) is 5.13. The van der Waals surface area contributed by atoms with E-state index in [1.165, 1.54) is 0 Å². The molecule has 0 spiro atoms. The monoisotopic (exact) mass is 241 g/mol. The third kappa shape index (κ3) is 2.33. The fourth-order valence-electron chi connectivity index (χ4n) is 1.94. The molecule has 1 nitrogen and oxygen atoms in total. The number of aromatic nitrogens is 1. The van der Waals surface area contributed by atoms with E-state index in [9.17, 15) is 4.39 Å². The first-order chi connectivity index (χ1) is 8.63. The highest BCUT2D eigenvalue weighted by Gasteiger charge is 2.08. The quantitative estimate of drug-likeness (QED) is 0.752. The van der Waals surface area contributed by atoms with E-state index in [1.807, 2.05) is 38.1 Å². The van der Waals surface area contributed by atoms with E-state index in [4.69, 9.17) is 0 Å². The fourth-order valence-corrected chi connectivity index (χ4v) is 1.94. The summed E-state index contributed by atoms with van der Waals surface area (Å²) in [5, 5.41) is 0. The first-order valence-electron chi connectivity index (χ1n) is 5.98. The number of hydrogen-bond acceptors (Lipinski definition) is 1. The molecule has 92 valence electrons. The Hall–Kier alpha value is -1.96. The van der Waals surface area contributed by atoms with Gasteiger partial charge >= 0.3 is 0 Å². The Bertz CT molecular complexity index is 600. The summed E-state index contributed by atoms with van der Waals surface area (Å²) in [4.78, 5) is 4.36. The van der Waals surface area contributed by atoms with Crippen molar-refractivity contribution in [1.29, 1.82) is 0 Å². The maximum absolute atomic E-state index is 14.0. The molecule has 0 fully saturated rings. The molecule has 0 amide bonds. The number of halogens is 1. The number of benzene rings is 1. The summed E-state index contributed by atoms with van der Waals surface area (Å²) < 4.78 is 14.0. The third-order valence-corrected chi connectivity index (χ3v) is 2.95. The second-order valence-electron chi connectivity index (χ2n) is 4.36. The van der Waals surface area contributed by atoms with Crippen LogP contribution in [0.3, 0.4) is 0 Å². The van der Waals surface area contributed by atoms with Crippen molar-refractivity contribution in [3.8, 4) is 11.1 Å². The molecule has 0 atom stereocenters. The van der Waals surface area contributed by atoms with E-state index in [0.717, 1.165) is 16.8 Å². The molecule has 0 bridgehead atoms. The Balaban J connectivity index is 2.52. The molecule has 0 saturated carbocycles. The van der Waals surface area contributed by atoms with Crippen LogP contribution in [0, 0.1) is 19.7 Å². The van der Waals surface area contributed by atoms with Crippen LogP contribution in [0.1, 0.15) is 23.7 Å². The van der Waals surface area contributed by atoms with Crippen LogP contribution in [0.25, 0.3) is 17.2 Å². The fraction of sp³-hybridized carbons (Fsp3) is 0.188. The Kier molecular flexibility index (Phi) is 3.56. The predicted molar refractivity (Wildman–Crippen MR) is 73.8 cm³/mol. The van der Waals surface area contributed by atoms with Gasteiger partial charge in [-0.1, -0.05) is 24.3 Å². The standard InChI is InChI=1S/C16H16FN/c1-4-6-15-12(3)9-13(10-18-15)14-8-5-7-11(2)16(14)17/h4-10H,1-3H3/b6-4-. The number of allylic oxidation sites excluding steroid dienone is 1. The van der Waals surface area contributed by atoms with Crippen LogP contribution in [0.4, 0.5) is 4.39 Å². The van der Waals surface area contributed by atoms with Gasteiger partial charge in [-0.25, -0.2) is 4.39 Å². The molecular formula is C16H16FN. The minimum absolute atomic E-state index is 0.169. The molecule has 0 N–H and O–H groups in total. The lowest BCUT2D eigenvalue weighted by atomic mass is 10.0. The molecule has 18 heavy (non-hydrogen) atoms. The molecule has 0 radical (unpaired) electrons. The first-order valence-corrected chi connectivity index (χ1v) is 5.98. The van der Waals surface area contributed by atoms with Gasteiger partial charge < -0.3 is 0 Å². The van der Waals surface area contributed by atoms with Gasteiger partial charge in [0.05, 0.1) is 5.69 Å². The van der Waals surface area contributed by atoms with Crippen molar-refractivity contribution in [2.75, 3.05) is 0 Å². The Morgan fingerprint density at radius 2 is 1.94 bits per heavy atom.